The van der Waals surface area contributed by atoms with Crippen molar-refractivity contribution in [3.63, 3.8) is 0 Å². The highest BCUT2D eigenvalue weighted by Gasteiger charge is 2.22. The van der Waals surface area contributed by atoms with Crippen LogP contribution in [0.5, 0.6) is 0 Å². The van der Waals surface area contributed by atoms with E-state index in [0.29, 0.717) is 11.6 Å². The van der Waals surface area contributed by atoms with Crippen molar-refractivity contribution in [2.45, 2.75) is 18.9 Å². The molecule has 5 heteroatoms. The van der Waals surface area contributed by atoms with Gasteiger partial charge >= 0.3 is 0 Å². The normalized spacial score (nSPS) is 16.9. The molecule has 2 heterocycles. The molecule has 5 nitrogen and oxygen atoms in total. The van der Waals surface area contributed by atoms with E-state index in [4.69, 9.17) is 0 Å². The highest BCUT2D eigenvalue weighted by molar-refractivity contribution is 5.94. The number of carbonyl (C=O) groups excluding carboxylic acids is 1. The van der Waals surface area contributed by atoms with Crippen LogP contribution in [0.4, 0.5) is 0 Å². The van der Waals surface area contributed by atoms with Gasteiger partial charge in [0.1, 0.15) is 0 Å². The molecule has 1 amide bonds. The average Bonchev–Trinajstić information content (AvgIpc) is 2.41. The molecule has 1 saturated heterocycles. The number of rotatable bonds is 2. The Morgan fingerprint density at radius 1 is 1.39 bits per heavy atom. The highest BCUT2D eigenvalue weighted by Crippen LogP contribution is 2.12. The first-order valence-electron chi connectivity index (χ1n) is 6.25. The number of likely N-dealkylation sites (tertiary alicyclic amines) is 1. The number of amides is 1. The number of aryl methyl sites for hydroxylation is 1. The molecule has 1 aliphatic heterocycles. The van der Waals surface area contributed by atoms with E-state index in [0.717, 1.165) is 25.9 Å². The second-order valence-electron chi connectivity index (χ2n) is 4.72. The summed E-state index contributed by atoms with van der Waals surface area (Å²) >= 11 is 0. The van der Waals surface area contributed by atoms with Gasteiger partial charge in [-0.05, 0) is 26.0 Å². The van der Waals surface area contributed by atoms with E-state index in [-0.39, 0.29) is 11.5 Å². The SMILES string of the molecule is CNC1CCN(C(=O)c2ccn(C)c(=O)c2)CC1. The lowest BCUT2D eigenvalue weighted by atomic mass is 10.0. The molecule has 0 aromatic carbocycles. The van der Waals surface area contributed by atoms with Crippen LogP contribution in [-0.2, 0) is 7.05 Å². The van der Waals surface area contributed by atoms with Crippen LogP contribution >= 0.6 is 0 Å². The van der Waals surface area contributed by atoms with Gasteiger partial charge in [-0.3, -0.25) is 9.59 Å². The second kappa shape index (κ2) is 5.35. The summed E-state index contributed by atoms with van der Waals surface area (Å²) in [7, 11) is 3.62. The van der Waals surface area contributed by atoms with Crippen molar-refractivity contribution in [3.05, 3.63) is 34.2 Å². The fraction of sp³-hybridized carbons (Fsp3) is 0.538. The standard InChI is InChI=1S/C13H19N3O2/c1-14-11-4-7-16(8-5-11)13(18)10-3-6-15(2)12(17)9-10/h3,6,9,11,14H,4-5,7-8H2,1-2H3. The van der Waals surface area contributed by atoms with Crippen molar-refractivity contribution in [1.82, 2.24) is 14.8 Å². The third kappa shape index (κ3) is 2.61. The maximum atomic E-state index is 12.2. The third-order valence-electron chi connectivity index (χ3n) is 3.54. The number of pyridine rings is 1. The molecule has 0 radical (unpaired) electrons. The summed E-state index contributed by atoms with van der Waals surface area (Å²) < 4.78 is 1.46. The largest absolute Gasteiger partial charge is 0.339 e. The average molecular weight is 249 g/mol. The third-order valence-corrected chi connectivity index (χ3v) is 3.54. The summed E-state index contributed by atoms with van der Waals surface area (Å²) in [5.41, 5.74) is 0.340. The lowest BCUT2D eigenvalue weighted by molar-refractivity contribution is 0.0707. The molecule has 0 atom stereocenters. The van der Waals surface area contributed by atoms with Gasteiger partial charge < -0.3 is 14.8 Å². The van der Waals surface area contributed by atoms with E-state index >= 15 is 0 Å². The minimum Gasteiger partial charge on any atom is -0.339 e. The highest BCUT2D eigenvalue weighted by atomic mass is 16.2. The van der Waals surface area contributed by atoms with Gasteiger partial charge in [0, 0.05) is 44.0 Å². The topological polar surface area (TPSA) is 54.3 Å². The zero-order chi connectivity index (χ0) is 13.1. The van der Waals surface area contributed by atoms with Gasteiger partial charge in [-0.25, -0.2) is 0 Å². The number of nitrogens with one attached hydrogen (secondary N) is 1. The molecular weight excluding hydrogens is 230 g/mol. The summed E-state index contributed by atoms with van der Waals surface area (Å²) in [6.07, 6.45) is 3.57. The molecule has 18 heavy (non-hydrogen) atoms. The first-order chi connectivity index (χ1) is 8.61. The molecule has 0 saturated carbocycles. The van der Waals surface area contributed by atoms with Gasteiger partial charge in [0.2, 0.25) is 0 Å². The maximum absolute atomic E-state index is 12.2. The Morgan fingerprint density at radius 3 is 2.61 bits per heavy atom. The van der Waals surface area contributed by atoms with Crippen molar-refractivity contribution in [2.24, 2.45) is 7.05 Å². The molecule has 1 fully saturated rings. The maximum Gasteiger partial charge on any atom is 0.254 e. The van der Waals surface area contributed by atoms with Crippen LogP contribution in [0.3, 0.4) is 0 Å². The monoisotopic (exact) mass is 249 g/mol. The van der Waals surface area contributed by atoms with Crippen molar-refractivity contribution >= 4 is 5.91 Å². The molecule has 2 rings (SSSR count). The minimum absolute atomic E-state index is 0.0396. The van der Waals surface area contributed by atoms with Gasteiger partial charge in [-0.1, -0.05) is 0 Å². The summed E-state index contributed by atoms with van der Waals surface area (Å²) in [5, 5.41) is 3.23. The number of hydrogen-bond donors (Lipinski definition) is 1. The van der Waals surface area contributed by atoms with Gasteiger partial charge in [0.05, 0.1) is 0 Å². The van der Waals surface area contributed by atoms with Crippen molar-refractivity contribution in [1.29, 1.82) is 0 Å². The van der Waals surface area contributed by atoms with Crippen LogP contribution in [0.1, 0.15) is 23.2 Å². The Labute approximate surface area is 106 Å². The van der Waals surface area contributed by atoms with Gasteiger partial charge in [0.25, 0.3) is 11.5 Å². The molecule has 0 aliphatic carbocycles. The van der Waals surface area contributed by atoms with E-state index in [1.165, 1.54) is 10.6 Å². The molecule has 0 spiro atoms. The molecule has 0 unspecified atom stereocenters. The predicted molar refractivity (Wildman–Crippen MR) is 69.7 cm³/mol. The molecular formula is C13H19N3O2. The van der Waals surface area contributed by atoms with E-state index in [1.54, 1.807) is 19.3 Å². The Hall–Kier alpha value is -1.62. The van der Waals surface area contributed by atoms with Crippen LogP contribution in [0.2, 0.25) is 0 Å². The van der Waals surface area contributed by atoms with Gasteiger partial charge in [-0.15, -0.1) is 0 Å². The molecule has 1 aromatic rings. The van der Waals surface area contributed by atoms with Gasteiger partial charge in [-0.2, -0.15) is 0 Å². The van der Waals surface area contributed by atoms with Crippen molar-refractivity contribution in [3.8, 4) is 0 Å². The molecule has 1 aromatic heterocycles. The van der Waals surface area contributed by atoms with Crippen molar-refractivity contribution in [2.75, 3.05) is 20.1 Å². The number of hydrogen-bond acceptors (Lipinski definition) is 3. The number of carbonyl (C=O) groups is 1. The first-order valence-corrected chi connectivity index (χ1v) is 6.25. The lowest BCUT2D eigenvalue weighted by Crippen LogP contribution is -2.44. The van der Waals surface area contributed by atoms with Crippen LogP contribution in [0.15, 0.2) is 23.1 Å². The summed E-state index contributed by atoms with van der Waals surface area (Å²) in [5.74, 6) is -0.0396. The van der Waals surface area contributed by atoms with E-state index in [9.17, 15) is 9.59 Å². The van der Waals surface area contributed by atoms with Crippen LogP contribution < -0.4 is 10.9 Å². The van der Waals surface area contributed by atoms with Crippen LogP contribution in [-0.4, -0.2) is 41.6 Å². The van der Waals surface area contributed by atoms with E-state index in [2.05, 4.69) is 5.32 Å². The van der Waals surface area contributed by atoms with E-state index < -0.39 is 0 Å². The summed E-state index contributed by atoms with van der Waals surface area (Å²) in [4.78, 5) is 25.5. The smallest absolute Gasteiger partial charge is 0.254 e. The van der Waals surface area contributed by atoms with E-state index in [1.807, 2.05) is 11.9 Å². The van der Waals surface area contributed by atoms with Gasteiger partial charge in [0.15, 0.2) is 0 Å². The molecule has 1 aliphatic rings. The lowest BCUT2D eigenvalue weighted by Gasteiger charge is -2.31. The fourth-order valence-corrected chi connectivity index (χ4v) is 2.24. The number of piperidine rings is 1. The second-order valence-corrected chi connectivity index (χ2v) is 4.72. The Kier molecular flexibility index (Phi) is 3.81. The summed E-state index contributed by atoms with van der Waals surface area (Å²) in [6.45, 7) is 1.50. The minimum atomic E-state index is -0.147. The predicted octanol–water partition coefficient (Wildman–Crippen LogP) is 0.209. The zero-order valence-electron chi connectivity index (χ0n) is 10.8. The zero-order valence-corrected chi connectivity index (χ0v) is 10.8. The van der Waals surface area contributed by atoms with Crippen LogP contribution in [0.25, 0.3) is 0 Å². The first kappa shape index (κ1) is 12.8. The van der Waals surface area contributed by atoms with Crippen LogP contribution in [0, 0.1) is 0 Å². The molecule has 1 N–H and O–H groups in total. The molecule has 98 valence electrons. The summed E-state index contributed by atoms with van der Waals surface area (Å²) in [6, 6.07) is 3.61. The fourth-order valence-electron chi connectivity index (χ4n) is 2.24. The molecule has 0 bridgehead atoms. The van der Waals surface area contributed by atoms with Crippen molar-refractivity contribution < 1.29 is 4.79 Å². The Morgan fingerprint density at radius 2 is 2.06 bits per heavy atom. The number of nitrogens with zero attached hydrogens (tertiary/aromatic N) is 2. The Balaban J connectivity index is 2.08. The Bertz CT molecular complexity index is 487. The quantitative estimate of drug-likeness (QED) is 0.815. The number of aromatic nitrogens is 1.